The Balaban J connectivity index is 1.66. The smallest absolute Gasteiger partial charge is 0.337 e. The number of hydrogen-bond donors (Lipinski definition) is 4. The number of benzene rings is 2. The van der Waals surface area contributed by atoms with Gasteiger partial charge in [0.2, 0.25) is 5.43 Å². The standard InChI is InChI=1S/C21H18ClFN8O3/c1-11-26-27-18(31(11)24)10-30-9-14(19(32)13-7-16(23)15(22)8-17(13)30)20(33)28-29-21(34)25-12-5-3-2-4-6-12/h2-9H,10,24H2,1H3,(H,28,33)(H2,25,29,34). The molecule has 2 heterocycles. The Hall–Kier alpha value is -4.45. The van der Waals surface area contributed by atoms with E-state index < -0.39 is 23.2 Å². The molecule has 0 atom stereocenters. The molecule has 4 aromatic rings. The van der Waals surface area contributed by atoms with Crippen molar-refractivity contribution in [1.29, 1.82) is 0 Å². The fourth-order valence-corrected chi connectivity index (χ4v) is 3.37. The first kappa shape index (κ1) is 22.7. The molecular weight excluding hydrogens is 467 g/mol. The quantitative estimate of drug-likeness (QED) is 0.257. The van der Waals surface area contributed by atoms with Gasteiger partial charge in [-0.3, -0.25) is 15.0 Å². The van der Waals surface area contributed by atoms with Gasteiger partial charge in [0.25, 0.3) is 5.91 Å². The highest BCUT2D eigenvalue weighted by atomic mass is 35.5. The van der Waals surface area contributed by atoms with E-state index >= 15 is 0 Å². The summed E-state index contributed by atoms with van der Waals surface area (Å²) in [5, 5.41) is 10.1. The fourth-order valence-electron chi connectivity index (χ4n) is 3.22. The van der Waals surface area contributed by atoms with E-state index in [1.54, 1.807) is 37.3 Å². The van der Waals surface area contributed by atoms with Gasteiger partial charge < -0.3 is 15.7 Å². The number of carbonyl (C=O) groups excluding carboxylic acids is 2. The van der Waals surface area contributed by atoms with E-state index in [1.807, 2.05) is 0 Å². The maximum atomic E-state index is 14.2. The topological polar surface area (TPSA) is 149 Å². The second-order valence-electron chi connectivity index (χ2n) is 7.22. The summed E-state index contributed by atoms with van der Waals surface area (Å²) in [6.07, 6.45) is 1.25. The van der Waals surface area contributed by atoms with Gasteiger partial charge >= 0.3 is 6.03 Å². The van der Waals surface area contributed by atoms with Crippen LogP contribution in [0.4, 0.5) is 14.9 Å². The molecular formula is C21H18ClFN8O3. The van der Waals surface area contributed by atoms with Gasteiger partial charge in [-0.25, -0.2) is 19.3 Å². The lowest BCUT2D eigenvalue weighted by Gasteiger charge is -2.14. The second-order valence-corrected chi connectivity index (χ2v) is 7.62. The van der Waals surface area contributed by atoms with Crippen molar-refractivity contribution in [1.82, 2.24) is 30.3 Å². The number of nitrogens with two attached hydrogens (primary N) is 1. The minimum Gasteiger partial charge on any atom is -0.339 e. The molecule has 174 valence electrons. The molecule has 0 bridgehead atoms. The number of nitrogens with one attached hydrogen (secondary N) is 3. The number of pyridine rings is 1. The molecule has 34 heavy (non-hydrogen) atoms. The average Bonchev–Trinajstić information content (AvgIpc) is 3.13. The van der Waals surface area contributed by atoms with Gasteiger partial charge in [-0.05, 0) is 31.2 Å². The molecule has 0 saturated carbocycles. The van der Waals surface area contributed by atoms with Gasteiger partial charge in [-0.15, -0.1) is 10.2 Å². The van der Waals surface area contributed by atoms with Crippen molar-refractivity contribution in [2.24, 2.45) is 0 Å². The van der Waals surface area contributed by atoms with Crippen molar-refractivity contribution in [2.75, 3.05) is 11.2 Å². The van der Waals surface area contributed by atoms with Crippen molar-refractivity contribution < 1.29 is 14.0 Å². The molecule has 5 N–H and O–H groups in total. The number of fused-ring (bicyclic) bond motifs is 1. The van der Waals surface area contributed by atoms with E-state index in [4.69, 9.17) is 17.4 Å². The molecule has 0 radical (unpaired) electrons. The normalized spacial score (nSPS) is 10.8. The number of hydrogen-bond acceptors (Lipinski definition) is 6. The van der Waals surface area contributed by atoms with E-state index in [2.05, 4.69) is 26.4 Å². The summed E-state index contributed by atoms with van der Waals surface area (Å²) in [6.45, 7) is 1.65. The Bertz CT molecular complexity index is 1470. The number of anilines is 1. The number of rotatable bonds is 4. The number of para-hydroxylation sites is 1. The van der Waals surface area contributed by atoms with Crippen molar-refractivity contribution in [3.63, 3.8) is 0 Å². The van der Waals surface area contributed by atoms with E-state index in [1.165, 1.54) is 21.5 Å². The van der Waals surface area contributed by atoms with Gasteiger partial charge in [0.15, 0.2) is 5.82 Å². The summed E-state index contributed by atoms with van der Waals surface area (Å²) >= 11 is 5.92. The van der Waals surface area contributed by atoms with Crippen LogP contribution in [-0.2, 0) is 6.54 Å². The van der Waals surface area contributed by atoms with Gasteiger partial charge in [0, 0.05) is 17.3 Å². The van der Waals surface area contributed by atoms with Crippen LogP contribution in [0.1, 0.15) is 22.0 Å². The Morgan fingerprint density at radius 3 is 2.56 bits per heavy atom. The third-order valence-corrected chi connectivity index (χ3v) is 5.23. The first-order valence-corrected chi connectivity index (χ1v) is 10.2. The lowest BCUT2D eigenvalue weighted by Crippen LogP contribution is -2.45. The highest BCUT2D eigenvalue weighted by molar-refractivity contribution is 6.31. The van der Waals surface area contributed by atoms with Gasteiger partial charge in [0.1, 0.15) is 17.2 Å². The lowest BCUT2D eigenvalue weighted by atomic mass is 10.1. The molecule has 3 amide bonds. The maximum Gasteiger partial charge on any atom is 0.337 e. The fraction of sp³-hybridized carbons (Fsp3) is 0.0952. The van der Waals surface area contributed by atoms with Crippen molar-refractivity contribution in [3.8, 4) is 0 Å². The number of aryl methyl sites for hydroxylation is 1. The number of carbonyl (C=O) groups is 2. The third kappa shape index (κ3) is 4.52. The number of hydrazine groups is 1. The summed E-state index contributed by atoms with van der Waals surface area (Å²) in [7, 11) is 0. The van der Waals surface area contributed by atoms with E-state index in [0.717, 1.165) is 6.07 Å². The first-order valence-electron chi connectivity index (χ1n) is 9.85. The zero-order chi connectivity index (χ0) is 24.4. The monoisotopic (exact) mass is 484 g/mol. The first-order chi connectivity index (χ1) is 16.2. The van der Waals surface area contributed by atoms with Crippen LogP contribution in [0.25, 0.3) is 10.9 Å². The molecule has 0 fully saturated rings. The number of amides is 3. The van der Waals surface area contributed by atoms with Crippen molar-refractivity contribution in [3.05, 3.63) is 86.9 Å². The van der Waals surface area contributed by atoms with Crippen LogP contribution in [0.2, 0.25) is 5.02 Å². The number of halogens is 2. The van der Waals surface area contributed by atoms with E-state index in [-0.39, 0.29) is 28.0 Å². The molecule has 0 aliphatic rings. The van der Waals surface area contributed by atoms with Gasteiger partial charge in [0.05, 0.1) is 17.1 Å². The molecule has 2 aromatic carbocycles. The minimum absolute atomic E-state index is 0.00170. The summed E-state index contributed by atoms with van der Waals surface area (Å²) in [5.41, 5.74) is 3.97. The minimum atomic E-state index is -0.912. The Labute approximate surface area is 196 Å². The Morgan fingerprint density at radius 2 is 1.88 bits per heavy atom. The molecule has 11 nitrogen and oxygen atoms in total. The van der Waals surface area contributed by atoms with Gasteiger partial charge in [-0.2, -0.15) is 0 Å². The number of aromatic nitrogens is 4. The third-order valence-electron chi connectivity index (χ3n) is 4.94. The zero-order valence-corrected chi connectivity index (χ0v) is 18.4. The second kappa shape index (κ2) is 9.19. The molecule has 4 rings (SSSR count). The van der Waals surface area contributed by atoms with Crippen LogP contribution in [0.15, 0.2) is 53.5 Å². The molecule has 0 unspecified atom stereocenters. The largest absolute Gasteiger partial charge is 0.339 e. The number of nitrogen functional groups attached to an aromatic ring is 1. The van der Waals surface area contributed by atoms with Crippen LogP contribution in [0.3, 0.4) is 0 Å². The van der Waals surface area contributed by atoms with Crippen LogP contribution in [-0.4, -0.2) is 31.4 Å². The number of nitrogens with zero attached hydrogens (tertiary/aromatic N) is 4. The van der Waals surface area contributed by atoms with Crippen LogP contribution in [0.5, 0.6) is 0 Å². The molecule has 0 spiro atoms. The number of urea groups is 1. The van der Waals surface area contributed by atoms with E-state index in [9.17, 15) is 18.8 Å². The highest BCUT2D eigenvalue weighted by Crippen LogP contribution is 2.22. The van der Waals surface area contributed by atoms with Crippen molar-refractivity contribution >= 4 is 40.1 Å². The lowest BCUT2D eigenvalue weighted by molar-refractivity contribution is 0.0936. The maximum absolute atomic E-state index is 14.2. The molecule has 13 heteroatoms. The summed E-state index contributed by atoms with van der Waals surface area (Å²) in [5.74, 6) is 4.93. The molecule has 2 aromatic heterocycles. The molecule has 0 aliphatic carbocycles. The SMILES string of the molecule is Cc1nnc(Cn2cc(C(=O)NNC(=O)Nc3ccccc3)c(=O)c3cc(F)c(Cl)cc32)n1N. The zero-order valence-electron chi connectivity index (χ0n) is 17.7. The summed E-state index contributed by atoms with van der Waals surface area (Å²) < 4.78 is 16.9. The average molecular weight is 485 g/mol. The summed E-state index contributed by atoms with van der Waals surface area (Å²) in [6, 6.07) is 10.0. The predicted molar refractivity (Wildman–Crippen MR) is 123 cm³/mol. The highest BCUT2D eigenvalue weighted by Gasteiger charge is 2.19. The Morgan fingerprint density at radius 1 is 1.15 bits per heavy atom. The molecule has 0 aliphatic heterocycles. The summed E-state index contributed by atoms with van der Waals surface area (Å²) in [4.78, 5) is 37.8. The van der Waals surface area contributed by atoms with Gasteiger partial charge in [-0.1, -0.05) is 29.8 Å². The van der Waals surface area contributed by atoms with Crippen LogP contribution >= 0.6 is 11.6 Å². The van der Waals surface area contributed by atoms with Crippen LogP contribution in [0, 0.1) is 12.7 Å². The van der Waals surface area contributed by atoms with E-state index in [0.29, 0.717) is 17.3 Å². The molecule has 0 saturated heterocycles. The van der Waals surface area contributed by atoms with Crippen molar-refractivity contribution in [2.45, 2.75) is 13.5 Å². The predicted octanol–water partition coefficient (Wildman–Crippen LogP) is 1.92. The van der Waals surface area contributed by atoms with Crippen LogP contribution < -0.4 is 27.4 Å². The Kier molecular flexibility index (Phi) is 6.15.